The third-order valence-corrected chi connectivity index (χ3v) is 6.13. The normalized spacial score (nSPS) is 18.0. The lowest BCUT2D eigenvalue weighted by Crippen LogP contribution is -2.48. The highest BCUT2D eigenvalue weighted by Crippen LogP contribution is 2.18. The van der Waals surface area contributed by atoms with Gasteiger partial charge in [0.15, 0.2) is 0 Å². The van der Waals surface area contributed by atoms with Gasteiger partial charge in [0.1, 0.15) is 10.5 Å². The molecule has 1 aromatic rings. The van der Waals surface area contributed by atoms with Crippen molar-refractivity contribution in [1.29, 1.82) is 0 Å². The minimum Gasteiger partial charge on any atom is -0.369 e. The smallest absolute Gasteiger partial charge is 0.224 e. The summed E-state index contributed by atoms with van der Waals surface area (Å²) in [5, 5.41) is 0. The summed E-state index contributed by atoms with van der Waals surface area (Å²) in [7, 11) is -3.17. The van der Waals surface area contributed by atoms with Crippen LogP contribution in [0.2, 0.25) is 0 Å². The van der Waals surface area contributed by atoms with Crippen LogP contribution in [0.3, 0.4) is 0 Å². The second-order valence-corrected chi connectivity index (χ2v) is 7.36. The number of rotatable bonds is 3. The number of benzene rings is 1. The summed E-state index contributed by atoms with van der Waals surface area (Å²) in [6, 6.07) is 6.25. The number of alkyl halides is 1. The molecule has 0 bridgehead atoms. The fraction of sp³-hybridized carbons (Fsp3) is 0.455. The molecule has 0 N–H and O–H groups in total. The average molecular weight is 337 g/mol. The number of hydrogen-bond acceptors (Lipinski definition) is 3. The van der Waals surface area contributed by atoms with E-state index in [1.165, 1.54) is 16.4 Å². The molecule has 1 fully saturated rings. The first-order valence-corrected chi connectivity index (χ1v) is 8.30. The van der Waals surface area contributed by atoms with Crippen molar-refractivity contribution in [3.63, 3.8) is 0 Å². The highest BCUT2D eigenvalue weighted by Gasteiger charge is 2.25. The standard InChI is InChI=1S/C11H14BrFN2O2S/c12-9-18(16,17)15-7-5-14(6-8-15)11-3-1-10(13)2-4-11/h1-4H,5-9H2. The fourth-order valence-electron chi connectivity index (χ4n) is 1.95. The Labute approximate surface area is 115 Å². The van der Waals surface area contributed by atoms with Crippen LogP contribution in [0.5, 0.6) is 0 Å². The van der Waals surface area contributed by atoms with Crippen molar-refractivity contribution in [2.75, 3.05) is 35.7 Å². The summed E-state index contributed by atoms with van der Waals surface area (Å²) in [5.74, 6) is -0.265. The van der Waals surface area contributed by atoms with Gasteiger partial charge in [0, 0.05) is 31.9 Å². The summed E-state index contributed by atoms with van der Waals surface area (Å²) >= 11 is 2.99. The van der Waals surface area contributed by atoms with Crippen LogP contribution in [-0.2, 0) is 10.0 Å². The van der Waals surface area contributed by atoms with Crippen molar-refractivity contribution in [2.24, 2.45) is 0 Å². The summed E-state index contributed by atoms with van der Waals surface area (Å²) in [6.07, 6.45) is 0. The lowest BCUT2D eigenvalue weighted by Gasteiger charge is -2.35. The third kappa shape index (κ3) is 3.02. The maximum absolute atomic E-state index is 12.8. The molecule has 0 amide bonds. The van der Waals surface area contributed by atoms with Crippen LogP contribution in [0, 0.1) is 5.82 Å². The molecule has 0 spiro atoms. The zero-order valence-electron chi connectivity index (χ0n) is 9.72. The summed E-state index contributed by atoms with van der Waals surface area (Å²) in [5.41, 5.74) is 0.923. The molecule has 0 saturated carbocycles. The number of hydrogen-bond donors (Lipinski definition) is 0. The minimum absolute atomic E-state index is 0.0451. The molecule has 100 valence electrons. The van der Waals surface area contributed by atoms with E-state index in [-0.39, 0.29) is 10.5 Å². The zero-order chi connectivity index (χ0) is 13.2. The Morgan fingerprint density at radius 1 is 1.11 bits per heavy atom. The lowest BCUT2D eigenvalue weighted by molar-refractivity contribution is 0.387. The van der Waals surface area contributed by atoms with Crippen molar-refractivity contribution in [3.05, 3.63) is 30.1 Å². The van der Waals surface area contributed by atoms with Gasteiger partial charge in [-0.15, -0.1) is 0 Å². The maximum Gasteiger partial charge on any atom is 0.224 e. The van der Waals surface area contributed by atoms with E-state index in [4.69, 9.17) is 0 Å². The molecule has 2 rings (SSSR count). The Morgan fingerprint density at radius 3 is 2.17 bits per heavy atom. The summed E-state index contributed by atoms with van der Waals surface area (Å²) in [6.45, 7) is 2.17. The number of sulfonamides is 1. The highest BCUT2D eigenvalue weighted by molar-refractivity contribution is 9.10. The van der Waals surface area contributed by atoms with Gasteiger partial charge in [-0.2, -0.15) is 4.31 Å². The Bertz CT molecular complexity index is 498. The van der Waals surface area contributed by atoms with Gasteiger partial charge in [-0.25, -0.2) is 12.8 Å². The van der Waals surface area contributed by atoms with E-state index in [1.54, 1.807) is 12.1 Å². The number of halogens is 2. The largest absolute Gasteiger partial charge is 0.369 e. The highest BCUT2D eigenvalue weighted by atomic mass is 79.9. The van der Waals surface area contributed by atoms with E-state index in [1.807, 2.05) is 0 Å². The van der Waals surface area contributed by atoms with E-state index in [0.717, 1.165) is 5.69 Å². The first kappa shape index (κ1) is 13.8. The van der Waals surface area contributed by atoms with Crippen molar-refractivity contribution < 1.29 is 12.8 Å². The lowest BCUT2D eigenvalue weighted by atomic mass is 10.2. The SMILES string of the molecule is O=S(=O)(CBr)N1CCN(c2ccc(F)cc2)CC1. The zero-order valence-corrected chi connectivity index (χ0v) is 12.1. The van der Waals surface area contributed by atoms with E-state index < -0.39 is 10.0 Å². The van der Waals surface area contributed by atoms with Crippen molar-refractivity contribution in [2.45, 2.75) is 0 Å². The molecule has 7 heteroatoms. The molecule has 4 nitrogen and oxygen atoms in total. The molecule has 1 heterocycles. The molecule has 0 aromatic heterocycles. The van der Waals surface area contributed by atoms with E-state index in [2.05, 4.69) is 20.8 Å². The molecule has 1 aliphatic rings. The second-order valence-electron chi connectivity index (χ2n) is 4.08. The topological polar surface area (TPSA) is 40.6 Å². The van der Waals surface area contributed by atoms with Gasteiger partial charge in [-0.1, -0.05) is 15.9 Å². The molecular formula is C11H14BrFN2O2S. The summed E-state index contributed by atoms with van der Waals surface area (Å²) < 4.78 is 37.5. The van der Waals surface area contributed by atoms with Gasteiger partial charge in [0.25, 0.3) is 0 Å². The molecule has 0 aliphatic carbocycles. The van der Waals surface area contributed by atoms with Crippen LogP contribution in [0.15, 0.2) is 24.3 Å². The average Bonchev–Trinajstić information content (AvgIpc) is 2.40. The number of anilines is 1. The van der Waals surface area contributed by atoms with Crippen molar-refractivity contribution >= 4 is 31.6 Å². The van der Waals surface area contributed by atoms with Crippen LogP contribution in [0.4, 0.5) is 10.1 Å². The van der Waals surface area contributed by atoms with Crippen molar-refractivity contribution in [3.8, 4) is 0 Å². The first-order valence-electron chi connectivity index (χ1n) is 5.57. The Morgan fingerprint density at radius 2 is 1.67 bits per heavy atom. The second kappa shape index (κ2) is 5.54. The van der Waals surface area contributed by atoms with Gasteiger partial charge in [0.05, 0.1) is 0 Å². The third-order valence-electron chi connectivity index (χ3n) is 2.96. The molecule has 0 atom stereocenters. The van der Waals surface area contributed by atoms with Gasteiger partial charge in [-0.05, 0) is 24.3 Å². The van der Waals surface area contributed by atoms with Crippen LogP contribution in [-0.4, -0.2) is 43.6 Å². The predicted molar refractivity (Wildman–Crippen MR) is 72.9 cm³/mol. The van der Waals surface area contributed by atoms with E-state index >= 15 is 0 Å². The Hall–Kier alpha value is -0.660. The minimum atomic E-state index is -3.17. The van der Waals surface area contributed by atoms with Crippen LogP contribution in [0.1, 0.15) is 0 Å². The molecule has 1 aromatic carbocycles. The van der Waals surface area contributed by atoms with Crippen LogP contribution >= 0.6 is 15.9 Å². The van der Waals surface area contributed by atoms with Gasteiger partial charge >= 0.3 is 0 Å². The van der Waals surface area contributed by atoms with E-state index in [0.29, 0.717) is 26.2 Å². The molecule has 0 radical (unpaired) electrons. The molecule has 1 aliphatic heterocycles. The predicted octanol–water partition coefficient (Wildman–Crippen LogP) is 1.63. The van der Waals surface area contributed by atoms with Crippen LogP contribution in [0.25, 0.3) is 0 Å². The van der Waals surface area contributed by atoms with E-state index in [9.17, 15) is 12.8 Å². The maximum atomic E-state index is 12.8. The Balaban J connectivity index is 2.01. The molecule has 1 saturated heterocycles. The molecule has 18 heavy (non-hydrogen) atoms. The number of nitrogens with zero attached hydrogens (tertiary/aromatic N) is 2. The van der Waals surface area contributed by atoms with Crippen molar-refractivity contribution in [1.82, 2.24) is 4.31 Å². The molecule has 0 unspecified atom stereocenters. The monoisotopic (exact) mass is 336 g/mol. The van der Waals surface area contributed by atoms with Gasteiger partial charge < -0.3 is 4.90 Å². The quantitative estimate of drug-likeness (QED) is 0.788. The van der Waals surface area contributed by atoms with Gasteiger partial charge in [0.2, 0.25) is 10.0 Å². The molecular weight excluding hydrogens is 323 g/mol. The first-order chi connectivity index (χ1) is 8.53. The van der Waals surface area contributed by atoms with Gasteiger partial charge in [-0.3, -0.25) is 0 Å². The fourth-order valence-corrected chi connectivity index (χ4v) is 3.67. The number of piperazine rings is 1. The Kier molecular flexibility index (Phi) is 4.24. The van der Waals surface area contributed by atoms with Crippen LogP contribution < -0.4 is 4.90 Å². The summed E-state index contributed by atoms with van der Waals surface area (Å²) in [4.78, 5) is 2.06.